The molecule has 0 saturated carbocycles. The molecule has 0 spiro atoms. The third kappa shape index (κ3) is 3.38. The number of methoxy groups -OCH3 is 1. The van der Waals surface area contributed by atoms with Crippen molar-refractivity contribution in [2.75, 3.05) is 12.4 Å². The van der Waals surface area contributed by atoms with Crippen LogP contribution in [0.3, 0.4) is 0 Å². The number of nitrogens with zero attached hydrogens (tertiary/aromatic N) is 4. The molecular weight excluding hydrogens is 406 g/mol. The smallest absolute Gasteiger partial charge is 0.138 e. The van der Waals surface area contributed by atoms with Gasteiger partial charge in [0.15, 0.2) is 0 Å². The summed E-state index contributed by atoms with van der Waals surface area (Å²) >= 11 is 3.53. The standard InChI is InChI=1S/C20H18BrN5O/c1-26-10-9-22-20(26)18(14-5-3-4-6-17(14)27-2)25-19-15-11-13(21)7-8-16(15)23-12-24-19/h3-12,18H,1-2H3,(H,23,24,25). The number of hydrogen-bond acceptors (Lipinski definition) is 5. The van der Waals surface area contributed by atoms with Crippen molar-refractivity contribution < 1.29 is 4.74 Å². The normalized spacial score (nSPS) is 12.1. The van der Waals surface area contributed by atoms with Crippen LogP contribution in [-0.4, -0.2) is 26.6 Å². The van der Waals surface area contributed by atoms with E-state index >= 15 is 0 Å². The Balaban J connectivity index is 1.86. The van der Waals surface area contributed by atoms with Gasteiger partial charge in [0.2, 0.25) is 0 Å². The first-order valence-electron chi connectivity index (χ1n) is 8.44. The van der Waals surface area contributed by atoms with Crippen LogP contribution >= 0.6 is 15.9 Å². The minimum atomic E-state index is -0.238. The quantitative estimate of drug-likeness (QED) is 0.517. The van der Waals surface area contributed by atoms with Gasteiger partial charge >= 0.3 is 0 Å². The molecule has 0 aliphatic rings. The lowest BCUT2D eigenvalue weighted by Crippen LogP contribution is -2.18. The molecule has 27 heavy (non-hydrogen) atoms. The summed E-state index contributed by atoms with van der Waals surface area (Å²) in [5.74, 6) is 2.39. The number of aryl methyl sites for hydroxylation is 1. The Labute approximate surface area is 165 Å². The van der Waals surface area contributed by atoms with Crippen molar-refractivity contribution in [3.63, 3.8) is 0 Å². The average molecular weight is 424 g/mol. The number of rotatable bonds is 5. The maximum absolute atomic E-state index is 5.59. The molecule has 0 saturated heterocycles. The maximum atomic E-state index is 5.59. The second-order valence-corrected chi connectivity index (χ2v) is 7.02. The molecule has 0 fully saturated rings. The van der Waals surface area contributed by atoms with Crippen LogP contribution in [0.15, 0.2) is 65.7 Å². The van der Waals surface area contributed by atoms with Gasteiger partial charge in [-0.25, -0.2) is 15.0 Å². The number of hydrogen-bond donors (Lipinski definition) is 1. The Hall–Kier alpha value is -2.93. The number of para-hydroxylation sites is 1. The van der Waals surface area contributed by atoms with Crippen molar-refractivity contribution in [3.05, 3.63) is 77.0 Å². The van der Waals surface area contributed by atoms with Crippen molar-refractivity contribution in [1.29, 1.82) is 0 Å². The number of nitrogens with one attached hydrogen (secondary N) is 1. The summed E-state index contributed by atoms with van der Waals surface area (Å²) < 4.78 is 8.55. The minimum Gasteiger partial charge on any atom is -0.496 e. The molecule has 1 unspecified atom stereocenters. The van der Waals surface area contributed by atoms with Gasteiger partial charge in [0.05, 0.1) is 12.6 Å². The lowest BCUT2D eigenvalue weighted by molar-refractivity contribution is 0.408. The molecule has 0 amide bonds. The summed E-state index contributed by atoms with van der Waals surface area (Å²) in [7, 11) is 3.65. The zero-order valence-corrected chi connectivity index (χ0v) is 16.5. The summed E-state index contributed by atoms with van der Waals surface area (Å²) in [4.78, 5) is 13.4. The monoisotopic (exact) mass is 423 g/mol. The minimum absolute atomic E-state index is 0.238. The summed E-state index contributed by atoms with van der Waals surface area (Å²) in [5, 5.41) is 4.48. The first-order valence-corrected chi connectivity index (χ1v) is 9.23. The van der Waals surface area contributed by atoms with E-state index in [9.17, 15) is 0 Å². The van der Waals surface area contributed by atoms with Crippen molar-refractivity contribution in [2.24, 2.45) is 7.05 Å². The van der Waals surface area contributed by atoms with Gasteiger partial charge in [0.1, 0.15) is 29.8 Å². The van der Waals surface area contributed by atoms with Crippen molar-refractivity contribution in [1.82, 2.24) is 19.5 Å². The van der Waals surface area contributed by atoms with Gasteiger partial charge in [-0.05, 0) is 24.3 Å². The topological polar surface area (TPSA) is 64.9 Å². The van der Waals surface area contributed by atoms with Crippen LogP contribution < -0.4 is 10.1 Å². The average Bonchev–Trinajstić information content (AvgIpc) is 3.12. The Kier molecular flexibility index (Phi) is 4.77. The van der Waals surface area contributed by atoms with Gasteiger partial charge in [-0.3, -0.25) is 0 Å². The Morgan fingerprint density at radius 2 is 1.96 bits per heavy atom. The van der Waals surface area contributed by atoms with E-state index in [1.54, 1.807) is 19.6 Å². The molecule has 6 nitrogen and oxygen atoms in total. The number of imidazole rings is 1. The van der Waals surface area contributed by atoms with E-state index in [1.807, 2.05) is 60.3 Å². The van der Waals surface area contributed by atoms with Crippen LogP contribution in [-0.2, 0) is 7.05 Å². The Morgan fingerprint density at radius 1 is 1.11 bits per heavy atom. The van der Waals surface area contributed by atoms with Gasteiger partial charge in [0, 0.05) is 34.9 Å². The first-order chi connectivity index (χ1) is 13.2. The molecule has 2 aromatic heterocycles. The largest absolute Gasteiger partial charge is 0.496 e. The number of fused-ring (bicyclic) bond motifs is 1. The van der Waals surface area contributed by atoms with E-state index in [0.717, 1.165) is 38.3 Å². The van der Waals surface area contributed by atoms with Crippen LogP contribution in [0.4, 0.5) is 5.82 Å². The van der Waals surface area contributed by atoms with E-state index in [-0.39, 0.29) is 6.04 Å². The van der Waals surface area contributed by atoms with E-state index in [4.69, 9.17) is 4.74 Å². The van der Waals surface area contributed by atoms with Gasteiger partial charge in [-0.15, -0.1) is 0 Å². The summed E-state index contributed by atoms with van der Waals surface area (Å²) in [5.41, 5.74) is 1.85. The molecule has 0 aliphatic carbocycles. The molecule has 2 heterocycles. The number of anilines is 1. The lowest BCUT2D eigenvalue weighted by atomic mass is 10.0. The molecule has 0 radical (unpaired) electrons. The lowest BCUT2D eigenvalue weighted by Gasteiger charge is -2.22. The third-order valence-electron chi connectivity index (χ3n) is 4.45. The van der Waals surface area contributed by atoms with E-state index in [0.29, 0.717) is 0 Å². The van der Waals surface area contributed by atoms with E-state index in [1.165, 1.54) is 0 Å². The van der Waals surface area contributed by atoms with Crippen LogP contribution in [0.1, 0.15) is 17.4 Å². The van der Waals surface area contributed by atoms with Crippen molar-refractivity contribution in [2.45, 2.75) is 6.04 Å². The Morgan fingerprint density at radius 3 is 2.74 bits per heavy atom. The predicted octanol–water partition coefficient (Wildman–Crippen LogP) is 4.34. The zero-order valence-electron chi connectivity index (χ0n) is 14.9. The van der Waals surface area contributed by atoms with Crippen LogP contribution in [0.2, 0.25) is 0 Å². The molecule has 0 aliphatic heterocycles. The zero-order chi connectivity index (χ0) is 18.8. The summed E-state index contributed by atoms with van der Waals surface area (Å²) in [6.45, 7) is 0. The SMILES string of the molecule is COc1ccccc1C(Nc1ncnc2ccc(Br)cc12)c1nccn1C. The van der Waals surface area contributed by atoms with Crippen LogP contribution in [0.5, 0.6) is 5.75 Å². The molecular formula is C20H18BrN5O. The van der Waals surface area contributed by atoms with Gasteiger partial charge in [-0.2, -0.15) is 0 Å². The summed E-state index contributed by atoms with van der Waals surface area (Å²) in [6, 6.07) is 13.6. The fraction of sp³-hybridized carbons (Fsp3) is 0.150. The van der Waals surface area contributed by atoms with E-state index < -0.39 is 0 Å². The van der Waals surface area contributed by atoms with Gasteiger partial charge in [-0.1, -0.05) is 34.1 Å². The maximum Gasteiger partial charge on any atom is 0.138 e. The van der Waals surface area contributed by atoms with Crippen LogP contribution in [0, 0.1) is 0 Å². The highest BCUT2D eigenvalue weighted by Gasteiger charge is 2.23. The highest BCUT2D eigenvalue weighted by atomic mass is 79.9. The molecule has 1 atom stereocenters. The summed E-state index contributed by atoms with van der Waals surface area (Å²) in [6.07, 6.45) is 5.28. The molecule has 1 N–H and O–H groups in total. The second kappa shape index (κ2) is 7.36. The number of aromatic nitrogens is 4. The fourth-order valence-electron chi connectivity index (χ4n) is 3.12. The molecule has 7 heteroatoms. The number of benzene rings is 2. The van der Waals surface area contributed by atoms with Crippen LogP contribution in [0.25, 0.3) is 10.9 Å². The molecule has 0 bridgehead atoms. The number of halogens is 1. The van der Waals surface area contributed by atoms with Gasteiger partial charge in [0.25, 0.3) is 0 Å². The number of ether oxygens (including phenoxy) is 1. The van der Waals surface area contributed by atoms with Crippen molar-refractivity contribution in [3.8, 4) is 5.75 Å². The molecule has 136 valence electrons. The van der Waals surface area contributed by atoms with Gasteiger partial charge < -0.3 is 14.6 Å². The third-order valence-corrected chi connectivity index (χ3v) is 4.94. The predicted molar refractivity (Wildman–Crippen MR) is 109 cm³/mol. The molecule has 2 aromatic carbocycles. The highest BCUT2D eigenvalue weighted by Crippen LogP contribution is 2.33. The fourth-order valence-corrected chi connectivity index (χ4v) is 3.48. The molecule has 4 aromatic rings. The Bertz CT molecular complexity index is 1090. The second-order valence-electron chi connectivity index (χ2n) is 6.10. The highest BCUT2D eigenvalue weighted by molar-refractivity contribution is 9.10. The molecule has 4 rings (SSSR count). The first kappa shape index (κ1) is 17.5. The van der Waals surface area contributed by atoms with Crippen molar-refractivity contribution >= 4 is 32.7 Å². The van der Waals surface area contributed by atoms with E-state index in [2.05, 4.69) is 36.2 Å².